The summed E-state index contributed by atoms with van der Waals surface area (Å²) in [6.45, 7) is 3.87. The van der Waals surface area contributed by atoms with E-state index in [0.717, 1.165) is 32.1 Å². The van der Waals surface area contributed by atoms with Crippen LogP contribution in [0.4, 0.5) is 4.79 Å². The summed E-state index contributed by atoms with van der Waals surface area (Å²) >= 11 is 0. The lowest BCUT2D eigenvalue weighted by Gasteiger charge is -2.36. The van der Waals surface area contributed by atoms with Crippen molar-refractivity contribution < 1.29 is 19.4 Å². The molecule has 1 atom stereocenters. The molecule has 1 N–H and O–H groups in total. The molecule has 1 unspecified atom stereocenters. The van der Waals surface area contributed by atoms with Crippen LogP contribution in [0.15, 0.2) is 0 Å². The van der Waals surface area contributed by atoms with Crippen LogP contribution in [-0.2, 0) is 9.53 Å². The van der Waals surface area contributed by atoms with Crippen LogP contribution in [0.3, 0.4) is 0 Å². The number of amides is 2. The molecule has 0 aromatic rings. The van der Waals surface area contributed by atoms with E-state index in [2.05, 4.69) is 6.92 Å². The average Bonchev–Trinajstić information content (AvgIpc) is 3.26. The summed E-state index contributed by atoms with van der Waals surface area (Å²) in [7, 11) is 0. The Balaban J connectivity index is 1.90. The fourth-order valence-corrected chi connectivity index (χ4v) is 2.60. The van der Waals surface area contributed by atoms with E-state index in [0.29, 0.717) is 19.7 Å². The molecule has 114 valence electrons. The number of aliphatic carboxylic acids is 1. The normalized spacial score (nSPS) is 22.6. The third kappa shape index (κ3) is 4.10. The number of piperidine rings is 1. The zero-order chi connectivity index (χ0) is 14.5. The maximum atomic E-state index is 12.5. The second-order valence-electron chi connectivity index (χ2n) is 5.62. The van der Waals surface area contributed by atoms with Gasteiger partial charge in [0.05, 0.1) is 6.10 Å². The molecule has 1 aliphatic heterocycles. The van der Waals surface area contributed by atoms with Crippen LogP contribution in [0, 0.1) is 0 Å². The highest BCUT2D eigenvalue weighted by molar-refractivity contribution is 5.81. The fourth-order valence-electron chi connectivity index (χ4n) is 2.60. The van der Waals surface area contributed by atoms with Crippen molar-refractivity contribution in [1.82, 2.24) is 9.80 Å². The number of likely N-dealkylation sites (tertiary alicyclic amines) is 1. The number of carbonyl (C=O) groups is 2. The van der Waals surface area contributed by atoms with Gasteiger partial charge in [0.2, 0.25) is 0 Å². The van der Waals surface area contributed by atoms with Crippen LogP contribution >= 0.6 is 0 Å². The van der Waals surface area contributed by atoms with Crippen LogP contribution in [0.25, 0.3) is 0 Å². The number of carbonyl (C=O) groups excluding carboxylic acids is 1. The van der Waals surface area contributed by atoms with E-state index in [1.807, 2.05) is 0 Å². The van der Waals surface area contributed by atoms with Gasteiger partial charge in [0.25, 0.3) is 0 Å². The standard InChI is InChI=1S/C14H24N2O4/c1-2-8-20-12-4-3-7-15(9-12)14(19)16(10-13(17)18)11-5-6-11/h11-12H,2-10H2,1H3,(H,17,18). The highest BCUT2D eigenvalue weighted by Crippen LogP contribution is 2.28. The van der Waals surface area contributed by atoms with Crippen molar-refractivity contribution in [1.29, 1.82) is 0 Å². The summed E-state index contributed by atoms with van der Waals surface area (Å²) in [5.41, 5.74) is 0. The summed E-state index contributed by atoms with van der Waals surface area (Å²) in [4.78, 5) is 26.6. The molecular weight excluding hydrogens is 260 g/mol. The summed E-state index contributed by atoms with van der Waals surface area (Å²) in [5, 5.41) is 8.94. The zero-order valence-electron chi connectivity index (χ0n) is 12.1. The van der Waals surface area contributed by atoms with Crippen LogP contribution in [0.1, 0.15) is 39.0 Å². The molecule has 0 aromatic carbocycles. The summed E-state index contributed by atoms with van der Waals surface area (Å²) < 4.78 is 5.72. The van der Waals surface area contributed by atoms with Crippen LogP contribution in [-0.4, -0.2) is 65.3 Å². The summed E-state index contributed by atoms with van der Waals surface area (Å²) in [6, 6.07) is -0.0183. The average molecular weight is 284 g/mol. The number of hydrogen-bond donors (Lipinski definition) is 1. The van der Waals surface area contributed by atoms with Crippen molar-refractivity contribution in [2.75, 3.05) is 26.2 Å². The van der Waals surface area contributed by atoms with Crippen molar-refractivity contribution in [3.8, 4) is 0 Å². The Morgan fingerprint density at radius 2 is 2.10 bits per heavy atom. The van der Waals surface area contributed by atoms with Gasteiger partial charge in [-0.15, -0.1) is 0 Å². The molecule has 6 nitrogen and oxygen atoms in total. The Hall–Kier alpha value is -1.30. The van der Waals surface area contributed by atoms with Crippen molar-refractivity contribution in [3.63, 3.8) is 0 Å². The molecule has 1 aliphatic carbocycles. The lowest BCUT2D eigenvalue weighted by atomic mass is 10.1. The number of urea groups is 1. The first-order valence-electron chi connectivity index (χ1n) is 7.50. The van der Waals surface area contributed by atoms with Crippen molar-refractivity contribution in [3.05, 3.63) is 0 Å². The van der Waals surface area contributed by atoms with Gasteiger partial charge in [-0.2, -0.15) is 0 Å². The quantitative estimate of drug-likeness (QED) is 0.803. The van der Waals surface area contributed by atoms with Gasteiger partial charge in [0, 0.05) is 25.7 Å². The van der Waals surface area contributed by atoms with Crippen molar-refractivity contribution >= 4 is 12.0 Å². The Morgan fingerprint density at radius 1 is 1.35 bits per heavy atom. The molecule has 1 heterocycles. The molecule has 2 amide bonds. The number of hydrogen-bond acceptors (Lipinski definition) is 3. The number of carboxylic acids is 1. The molecule has 6 heteroatoms. The molecule has 1 saturated carbocycles. The molecule has 1 saturated heterocycles. The molecule has 0 aromatic heterocycles. The van der Waals surface area contributed by atoms with Gasteiger partial charge >= 0.3 is 12.0 Å². The minimum atomic E-state index is -0.943. The first kappa shape index (κ1) is 15.1. The van der Waals surface area contributed by atoms with Crippen LogP contribution in [0.5, 0.6) is 0 Å². The molecule has 20 heavy (non-hydrogen) atoms. The SMILES string of the molecule is CCCOC1CCCN(C(=O)N(CC(=O)O)C2CC2)C1. The van der Waals surface area contributed by atoms with E-state index in [-0.39, 0.29) is 24.7 Å². The first-order chi connectivity index (χ1) is 9.61. The van der Waals surface area contributed by atoms with E-state index >= 15 is 0 Å². The Bertz CT molecular complexity index is 357. The maximum Gasteiger partial charge on any atom is 0.323 e. The number of nitrogens with zero attached hydrogens (tertiary/aromatic N) is 2. The highest BCUT2D eigenvalue weighted by atomic mass is 16.5. The monoisotopic (exact) mass is 284 g/mol. The molecule has 0 spiro atoms. The first-order valence-corrected chi connectivity index (χ1v) is 7.50. The van der Waals surface area contributed by atoms with Crippen LogP contribution in [0.2, 0.25) is 0 Å². The second kappa shape index (κ2) is 6.92. The van der Waals surface area contributed by atoms with Crippen molar-refractivity contribution in [2.45, 2.75) is 51.2 Å². The van der Waals surface area contributed by atoms with E-state index in [1.54, 1.807) is 4.90 Å². The number of rotatable bonds is 6. The van der Waals surface area contributed by atoms with Gasteiger partial charge in [0.1, 0.15) is 6.54 Å². The summed E-state index contributed by atoms with van der Waals surface area (Å²) in [5.74, 6) is -0.943. The number of carboxylic acid groups (broad SMARTS) is 1. The van der Waals surface area contributed by atoms with E-state index in [4.69, 9.17) is 9.84 Å². The molecule has 0 radical (unpaired) electrons. The predicted molar refractivity (Wildman–Crippen MR) is 73.6 cm³/mol. The largest absolute Gasteiger partial charge is 0.480 e. The van der Waals surface area contributed by atoms with Crippen LogP contribution < -0.4 is 0 Å². The van der Waals surface area contributed by atoms with Gasteiger partial charge in [-0.05, 0) is 32.1 Å². The Labute approximate surface area is 119 Å². The topological polar surface area (TPSA) is 70.1 Å². The van der Waals surface area contributed by atoms with E-state index < -0.39 is 5.97 Å². The van der Waals surface area contributed by atoms with E-state index in [1.165, 1.54) is 4.90 Å². The van der Waals surface area contributed by atoms with E-state index in [9.17, 15) is 9.59 Å². The summed E-state index contributed by atoms with van der Waals surface area (Å²) in [6.07, 6.45) is 4.80. The smallest absolute Gasteiger partial charge is 0.323 e. The van der Waals surface area contributed by atoms with Gasteiger partial charge in [-0.1, -0.05) is 6.92 Å². The third-order valence-corrected chi connectivity index (χ3v) is 3.75. The van der Waals surface area contributed by atoms with Gasteiger partial charge in [-0.3, -0.25) is 4.79 Å². The zero-order valence-corrected chi connectivity index (χ0v) is 12.1. The Morgan fingerprint density at radius 3 is 2.70 bits per heavy atom. The predicted octanol–water partition coefficient (Wildman–Crippen LogP) is 1.55. The van der Waals surface area contributed by atoms with Gasteiger partial charge in [-0.25, -0.2) is 4.79 Å². The molecule has 2 rings (SSSR count). The minimum Gasteiger partial charge on any atom is -0.480 e. The third-order valence-electron chi connectivity index (χ3n) is 3.75. The second-order valence-corrected chi connectivity index (χ2v) is 5.62. The van der Waals surface area contributed by atoms with Gasteiger partial charge in [0.15, 0.2) is 0 Å². The molecule has 2 fully saturated rings. The fraction of sp³-hybridized carbons (Fsp3) is 0.857. The number of ether oxygens (including phenoxy) is 1. The molecule has 0 bridgehead atoms. The highest BCUT2D eigenvalue weighted by Gasteiger charge is 2.37. The lowest BCUT2D eigenvalue weighted by molar-refractivity contribution is -0.137. The van der Waals surface area contributed by atoms with Gasteiger partial charge < -0.3 is 19.6 Å². The molecule has 2 aliphatic rings. The Kier molecular flexibility index (Phi) is 5.23. The van der Waals surface area contributed by atoms with Crippen molar-refractivity contribution in [2.24, 2.45) is 0 Å². The molecular formula is C14H24N2O4. The maximum absolute atomic E-state index is 12.5. The minimum absolute atomic E-state index is 0.0959. The lowest BCUT2D eigenvalue weighted by Crippen LogP contribution is -2.51.